The van der Waals surface area contributed by atoms with E-state index in [0.717, 1.165) is 0 Å². The normalized spacial score (nSPS) is 12.6. The monoisotopic (exact) mass is 305 g/mol. The van der Waals surface area contributed by atoms with Crippen molar-refractivity contribution in [1.29, 1.82) is 0 Å². The zero-order chi connectivity index (χ0) is 15.9. The Morgan fingerprint density at radius 3 is 1.91 bits per heavy atom. The molecule has 0 spiro atoms. The molecule has 0 saturated heterocycles. The SMILES string of the molecule is CC(CCO)CNC(c1ccccc1F)c1ccccc1F. The van der Waals surface area contributed by atoms with Crippen molar-refractivity contribution >= 4 is 0 Å². The van der Waals surface area contributed by atoms with E-state index in [-0.39, 0.29) is 24.2 Å². The van der Waals surface area contributed by atoms with Gasteiger partial charge in [0.1, 0.15) is 11.6 Å². The zero-order valence-electron chi connectivity index (χ0n) is 12.6. The molecule has 22 heavy (non-hydrogen) atoms. The van der Waals surface area contributed by atoms with Gasteiger partial charge in [0.2, 0.25) is 0 Å². The average Bonchev–Trinajstić information content (AvgIpc) is 2.51. The Morgan fingerprint density at radius 1 is 0.955 bits per heavy atom. The smallest absolute Gasteiger partial charge is 0.128 e. The van der Waals surface area contributed by atoms with Crippen LogP contribution in [0.1, 0.15) is 30.5 Å². The number of hydrogen-bond donors (Lipinski definition) is 2. The molecule has 0 amide bonds. The van der Waals surface area contributed by atoms with E-state index in [4.69, 9.17) is 5.11 Å². The summed E-state index contributed by atoms with van der Waals surface area (Å²) in [7, 11) is 0. The van der Waals surface area contributed by atoms with Crippen LogP contribution in [0.3, 0.4) is 0 Å². The van der Waals surface area contributed by atoms with Crippen LogP contribution in [0.5, 0.6) is 0 Å². The number of benzene rings is 2. The fourth-order valence-corrected chi connectivity index (χ4v) is 2.45. The highest BCUT2D eigenvalue weighted by atomic mass is 19.1. The first-order chi connectivity index (χ1) is 10.6. The summed E-state index contributed by atoms with van der Waals surface area (Å²) in [4.78, 5) is 0. The molecule has 2 aromatic rings. The zero-order valence-corrected chi connectivity index (χ0v) is 12.6. The van der Waals surface area contributed by atoms with Crippen molar-refractivity contribution in [2.45, 2.75) is 19.4 Å². The summed E-state index contributed by atoms with van der Waals surface area (Å²) in [5, 5.41) is 12.2. The van der Waals surface area contributed by atoms with Crippen molar-refractivity contribution in [2.24, 2.45) is 5.92 Å². The fourth-order valence-electron chi connectivity index (χ4n) is 2.45. The van der Waals surface area contributed by atoms with Gasteiger partial charge in [-0.05, 0) is 31.0 Å². The van der Waals surface area contributed by atoms with Crippen LogP contribution < -0.4 is 5.32 Å². The number of hydrogen-bond acceptors (Lipinski definition) is 2. The standard InChI is InChI=1S/C18H21F2NO/c1-13(10-11-22)12-21-18(14-6-2-4-8-16(14)19)15-7-3-5-9-17(15)20/h2-9,13,18,21-22H,10-12H2,1H3. The first kappa shape index (κ1) is 16.6. The summed E-state index contributed by atoms with van der Waals surface area (Å²) in [6.45, 7) is 2.66. The third kappa shape index (κ3) is 4.12. The Hall–Kier alpha value is -1.78. The highest BCUT2D eigenvalue weighted by Crippen LogP contribution is 2.26. The van der Waals surface area contributed by atoms with E-state index in [0.29, 0.717) is 24.1 Å². The molecular formula is C18H21F2NO. The van der Waals surface area contributed by atoms with Gasteiger partial charge in [0.15, 0.2) is 0 Å². The molecule has 2 nitrogen and oxygen atoms in total. The lowest BCUT2D eigenvalue weighted by Gasteiger charge is -2.23. The van der Waals surface area contributed by atoms with Crippen LogP contribution in [0.15, 0.2) is 48.5 Å². The fraction of sp³-hybridized carbons (Fsp3) is 0.333. The van der Waals surface area contributed by atoms with E-state index in [1.807, 2.05) is 6.92 Å². The Labute approximate surface area is 129 Å². The molecule has 0 aliphatic rings. The summed E-state index contributed by atoms with van der Waals surface area (Å²) in [5.41, 5.74) is 0.840. The quantitative estimate of drug-likeness (QED) is 0.818. The molecule has 4 heteroatoms. The van der Waals surface area contributed by atoms with Gasteiger partial charge in [-0.25, -0.2) is 8.78 Å². The van der Waals surface area contributed by atoms with Gasteiger partial charge in [0.25, 0.3) is 0 Å². The van der Waals surface area contributed by atoms with Crippen molar-refractivity contribution in [3.05, 3.63) is 71.3 Å². The third-order valence-corrected chi connectivity index (χ3v) is 3.72. The summed E-state index contributed by atoms with van der Waals surface area (Å²) >= 11 is 0. The maximum absolute atomic E-state index is 14.1. The number of aliphatic hydroxyl groups excluding tert-OH is 1. The molecule has 2 rings (SSSR count). The predicted octanol–water partition coefficient (Wildman–Crippen LogP) is 3.66. The van der Waals surface area contributed by atoms with Crippen LogP contribution in [0.2, 0.25) is 0 Å². The summed E-state index contributed by atoms with van der Waals surface area (Å²) < 4.78 is 28.3. The van der Waals surface area contributed by atoms with Crippen molar-refractivity contribution in [1.82, 2.24) is 5.32 Å². The Kier molecular flexibility index (Phi) is 6.04. The first-order valence-electron chi connectivity index (χ1n) is 7.46. The number of nitrogens with one attached hydrogen (secondary N) is 1. The largest absolute Gasteiger partial charge is 0.396 e. The van der Waals surface area contributed by atoms with E-state index < -0.39 is 6.04 Å². The molecule has 2 aromatic carbocycles. The van der Waals surface area contributed by atoms with Crippen molar-refractivity contribution in [3.63, 3.8) is 0 Å². The minimum absolute atomic E-state index is 0.104. The highest BCUT2D eigenvalue weighted by Gasteiger charge is 2.20. The van der Waals surface area contributed by atoms with E-state index >= 15 is 0 Å². The lowest BCUT2D eigenvalue weighted by atomic mass is 9.96. The van der Waals surface area contributed by atoms with E-state index in [2.05, 4.69) is 5.32 Å². The number of rotatable bonds is 7. The van der Waals surface area contributed by atoms with Gasteiger partial charge in [0, 0.05) is 17.7 Å². The second-order valence-corrected chi connectivity index (χ2v) is 5.50. The molecular weight excluding hydrogens is 284 g/mol. The molecule has 1 unspecified atom stereocenters. The predicted molar refractivity (Wildman–Crippen MR) is 83.5 cm³/mol. The van der Waals surface area contributed by atoms with E-state index in [1.54, 1.807) is 36.4 Å². The van der Waals surface area contributed by atoms with Crippen LogP contribution in [0, 0.1) is 17.6 Å². The molecule has 0 aliphatic carbocycles. The molecule has 0 bridgehead atoms. The minimum Gasteiger partial charge on any atom is -0.396 e. The van der Waals surface area contributed by atoms with Gasteiger partial charge in [-0.3, -0.25) is 0 Å². The van der Waals surface area contributed by atoms with Gasteiger partial charge in [-0.1, -0.05) is 43.3 Å². The van der Waals surface area contributed by atoms with E-state index in [9.17, 15) is 8.78 Å². The molecule has 2 N–H and O–H groups in total. The van der Waals surface area contributed by atoms with Gasteiger partial charge in [-0.2, -0.15) is 0 Å². The molecule has 0 fully saturated rings. The summed E-state index contributed by atoms with van der Waals surface area (Å²) in [6, 6.07) is 12.2. The molecule has 0 aliphatic heterocycles. The Balaban J connectivity index is 2.29. The second-order valence-electron chi connectivity index (χ2n) is 5.50. The van der Waals surface area contributed by atoms with Crippen LogP contribution in [-0.4, -0.2) is 18.3 Å². The van der Waals surface area contributed by atoms with Crippen LogP contribution in [0.4, 0.5) is 8.78 Å². The van der Waals surface area contributed by atoms with Crippen LogP contribution in [-0.2, 0) is 0 Å². The first-order valence-corrected chi connectivity index (χ1v) is 7.46. The lowest BCUT2D eigenvalue weighted by Crippen LogP contribution is -2.29. The molecule has 118 valence electrons. The van der Waals surface area contributed by atoms with Gasteiger partial charge < -0.3 is 10.4 Å². The van der Waals surface area contributed by atoms with Crippen LogP contribution in [0.25, 0.3) is 0 Å². The molecule has 1 atom stereocenters. The maximum atomic E-state index is 14.1. The van der Waals surface area contributed by atoms with Crippen molar-refractivity contribution in [3.8, 4) is 0 Å². The summed E-state index contributed by atoms with van der Waals surface area (Å²) in [6.07, 6.45) is 0.647. The number of halogens is 2. The Bertz CT molecular complexity index is 558. The maximum Gasteiger partial charge on any atom is 0.128 e. The topological polar surface area (TPSA) is 32.3 Å². The molecule has 0 heterocycles. The molecule has 0 radical (unpaired) electrons. The molecule has 0 saturated carbocycles. The van der Waals surface area contributed by atoms with Crippen molar-refractivity contribution < 1.29 is 13.9 Å². The van der Waals surface area contributed by atoms with Gasteiger partial charge in [0.05, 0.1) is 6.04 Å². The third-order valence-electron chi connectivity index (χ3n) is 3.72. The minimum atomic E-state index is -0.552. The average molecular weight is 305 g/mol. The highest BCUT2D eigenvalue weighted by molar-refractivity contribution is 5.33. The Morgan fingerprint density at radius 2 is 1.45 bits per heavy atom. The van der Waals surface area contributed by atoms with Gasteiger partial charge >= 0.3 is 0 Å². The molecule has 0 aromatic heterocycles. The number of aliphatic hydroxyl groups is 1. The van der Waals surface area contributed by atoms with Crippen molar-refractivity contribution in [2.75, 3.05) is 13.2 Å². The lowest BCUT2D eigenvalue weighted by molar-refractivity contribution is 0.258. The van der Waals surface area contributed by atoms with E-state index in [1.165, 1.54) is 12.1 Å². The second kappa shape index (κ2) is 8.01. The van der Waals surface area contributed by atoms with Gasteiger partial charge in [-0.15, -0.1) is 0 Å². The summed E-state index contributed by atoms with van der Waals surface area (Å²) in [5.74, 6) is -0.512. The van der Waals surface area contributed by atoms with Crippen LogP contribution >= 0.6 is 0 Å².